The number of carbonyl (C=O) groups excluding carboxylic acids is 2. The number of nitrogens with zero attached hydrogens (tertiary/aromatic N) is 1. The van der Waals surface area contributed by atoms with E-state index in [1.165, 1.54) is 4.90 Å². The second-order valence-corrected chi connectivity index (χ2v) is 5.13. The van der Waals surface area contributed by atoms with E-state index in [1.54, 1.807) is 14.0 Å². The Morgan fingerprint density at radius 2 is 2.00 bits per heavy atom. The molecule has 20 heavy (non-hydrogen) atoms. The van der Waals surface area contributed by atoms with Crippen molar-refractivity contribution in [2.45, 2.75) is 20.8 Å². The molecule has 0 saturated heterocycles. The zero-order chi connectivity index (χ0) is 15.3. The summed E-state index contributed by atoms with van der Waals surface area (Å²) in [6, 6.07) is 5.73. The quantitative estimate of drug-likeness (QED) is 0.851. The Bertz CT molecular complexity index is 500. The van der Waals surface area contributed by atoms with Crippen molar-refractivity contribution in [3.05, 3.63) is 29.3 Å². The van der Waals surface area contributed by atoms with Gasteiger partial charge in [-0.1, -0.05) is 19.1 Å². The Morgan fingerprint density at radius 3 is 2.60 bits per heavy atom. The van der Waals surface area contributed by atoms with Gasteiger partial charge in [0.15, 0.2) is 0 Å². The number of nitrogens with two attached hydrogens (primary N) is 1. The second-order valence-electron chi connectivity index (χ2n) is 5.13. The number of carbonyl (C=O) groups is 2. The highest BCUT2D eigenvalue weighted by Gasteiger charge is 2.18. The van der Waals surface area contributed by atoms with Gasteiger partial charge in [0.2, 0.25) is 11.8 Å². The number of benzene rings is 1. The van der Waals surface area contributed by atoms with Gasteiger partial charge in [0, 0.05) is 25.2 Å². The van der Waals surface area contributed by atoms with E-state index in [9.17, 15) is 9.59 Å². The molecule has 0 bridgehead atoms. The minimum absolute atomic E-state index is 0.0244. The molecule has 5 nitrogen and oxygen atoms in total. The Labute approximate surface area is 120 Å². The van der Waals surface area contributed by atoms with Crippen LogP contribution in [-0.2, 0) is 9.59 Å². The Balaban J connectivity index is 2.64. The lowest BCUT2D eigenvalue weighted by atomic mass is 10.1. The van der Waals surface area contributed by atoms with Gasteiger partial charge in [0.05, 0.1) is 6.54 Å². The predicted molar refractivity (Wildman–Crippen MR) is 80.4 cm³/mol. The minimum atomic E-state index is -0.270. The van der Waals surface area contributed by atoms with Gasteiger partial charge in [0.1, 0.15) is 0 Å². The van der Waals surface area contributed by atoms with Crippen LogP contribution in [0.1, 0.15) is 18.1 Å². The zero-order valence-corrected chi connectivity index (χ0v) is 12.6. The van der Waals surface area contributed by atoms with Gasteiger partial charge in [-0.05, 0) is 31.0 Å². The summed E-state index contributed by atoms with van der Waals surface area (Å²) >= 11 is 0. The molecular formula is C15H23N3O2. The van der Waals surface area contributed by atoms with Crippen molar-refractivity contribution in [2.24, 2.45) is 11.7 Å². The summed E-state index contributed by atoms with van der Waals surface area (Å²) in [5.41, 5.74) is 8.38. The molecule has 1 unspecified atom stereocenters. The van der Waals surface area contributed by atoms with E-state index in [0.717, 1.165) is 16.8 Å². The van der Waals surface area contributed by atoms with Crippen LogP contribution in [0.25, 0.3) is 0 Å². The number of likely N-dealkylation sites (N-methyl/N-ethyl adjacent to an activating group) is 1. The summed E-state index contributed by atoms with van der Waals surface area (Å²) in [4.78, 5) is 25.2. The van der Waals surface area contributed by atoms with E-state index in [-0.39, 0.29) is 30.8 Å². The van der Waals surface area contributed by atoms with Crippen LogP contribution in [0.5, 0.6) is 0 Å². The number of aryl methyl sites for hydroxylation is 1. The van der Waals surface area contributed by atoms with Gasteiger partial charge in [-0.2, -0.15) is 0 Å². The molecule has 0 saturated carbocycles. The first-order valence-electron chi connectivity index (χ1n) is 6.68. The maximum absolute atomic E-state index is 12.0. The number of hydrogen-bond donors (Lipinski definition) is 2. The molecule has 5 heteroatoms. The van der Waals surface area contributed by atoms with Crippen molar-refractivity contribution >= 4 is 17.5 Å². The van der Waals surface area contributed by atoms with Crippen molar-refractivity contribution in [3.8, 4) is 0 Å². The monoisotopic (exact) mass is 277 g/mol. The Hall–Kier alpha value is -1.88. The molecule has 0 fully saturated rings. The molecule has 0 aliphatic heterocycles. The molecular weight excluding hydrogens is 254 g/mol. The fourth-order valence-corrected chi connectivity index (χ4v) is 1.85. The molecule has 0 aromatic heterocycles. The summed E-state index contributed by atoms with van der Waals surface area (Å²) in [5, 5.41) is 2.83. The number of hydrogen-bond acceptors (Lipinski definition) is 3. The first-order chi connectivity index (χ1) is 9.36. The number of amides is 2. The van der Waals surface area contributed by atoms with Crippen molar-refractivity contribution in [2.75, 3.05) is 25.5 Å². The van der Waals surface area contributed by atoms with Gasteiger partial charge in [-0.25, -0.2) is 0 Å². The maximum atomic E-state index is 12.0. The maximum Gasteiger partial charge on any atom is 0.243 e. The van der Waals surface area contributed by atoms with Gasteiger partial charge in [-0.3, -0.25) is 9.59 Å². The first-order valence-corrected chi connectivity index (χ1v) is 6.68. The predicted octanol–water partition coefficient (Wildman–Crippen LogP) is 1.30. The van der Waals surface area contributed by atoms with Crippen molar-refractivity contribution in [1.29, 1.82) is 0 Å². The smallest absolute Gasteiger partial charge is 0.243 e. The highest BCUT2D eigenvalue weighted by molar-refractivity contribution is 5.95. The molecule has 1 aromatic rings. The second kappa shape index (κ2) is 7.05. The van der Waals surface area contributed by atoms with Crippen LogP contribution in [0, 0.1) is 19.8 Å². The molecule has 110 valence electrons. The molecule has 2 amide bonds. The molecule has 0 spiro atoms. The SMILES string of the molecule is Cc1cccc(NC(=O)CN(C)C(=O)C(C)CN)c1C. The highest BCUT2D eigenvalue weighted by atomic mass is 16.2. The van der Waals surface area contributed by atoms with Crippen LogP contribution in [0.15, 0.2) is 18.2 Å². The fraction of sp³-hybridized carbons (Fsp3) is 0.467. The van der Waals surface area contributed by atoms with E-state index in [0.29, 0.717) is 0 Å². The molecule has 3 N–H and O–H groups in total. The lowest BCUT2D eigenvalue weighted by Crippen LogP contribution is -2.39. The third-order valence-electron chi connectivity index (χ3n) is 3.41. The first kappa shape index (κ1) is 16.2. The Kier molecular flexibility index (Phi) is 5.70. The van der Waals surface area contributed by atoms with E-state index >= 15 is 0 Å². The van der Waals surface area contributed by atoms with E-state index in [4.69, 9.17) is 5.73 Å². The molecule has 1 aromatic carbocycles. The van der Waals surface area contributed by atoms with Crippen LogP contribution in [0.4, 0.5) is 5.69 Å². The van der Waals surface area contributed by atoms with Gasteiger partial charge < -0.3 is 16.0 Å². The summed E-state index contributed by atoms with van der Waals surface area (Å²) in [7, 11) is 1.61. The van der Waals surface area contributed by atoms with E-state index < -0.39 is 0 Å². The van der Waals surface area contributed by atoms with Crippen molar-refractivity contribution < 1.29 is 9.59 Å². The van der Waals surface area contributed by atoms with Crippen molar-refractivity contribution in [1.82, 2.24) is 4.90 Å². The number of nitrogens with one attached hydrogen (secondary N) is 1. The van der Waals surface area contributed by atoms with Gasteiger partial charge in [0.25, 0.3) is 0 Å². The highest BCUT2D eigenvalue weighted by Crippen LogP contribution is 2.17. The molecule has 0 heterocycles. The minimum Gasteiger partial charge on any atom is -0.336 e. The van der Waals surface area contributed by atoms with Crippen LogP contribution >= 0.6 is 0 Å². The van der Waals surface area contributed by atoms with E-state index in [1.807, 2.05) is 32.0 Å². The summed E-state index contributed by atoms with van der Waals surface area (Å²) in [6.45, 7) is 6.00. The van der Waals surface area contributed by atoms with E-state index in [2.05, 4.69) is 5.32 Å². The Morgan fingerprint density at radius 1 is 1.35 bits per heavy atom. The molecule has 0 aliphatic rings. The normalized spacial score (nSPS) is 11.8. The van der Waals surface area contributed by atoms with Gasteiger partial charge >= 0.3 is 0 Å². The topological polar surface area (TPSA) is 75.4 Å². The molecule has 0 radical (unpaired) electrons. The molecule has 0 aliphatic carbocycles. The fourth-order valence-electron chi connectivity index (χ4n) is 1.85. The largest absolute Gasteiger partial charge is 0.336 e. The van der Waals surface area contributed by atoms with Crippen LogP contribution in [-0.4, -0.2) is 36.9 Å². The lowest BCUT2D eigenvalue weighted by molar-refractivity contribution is -0.136. The number of rotatable bonds is 5. The molecule has 1 rings (SSSR count). The van der Waals surface area contributed by atoms with Gasteiger partial charge in [-0.15, -0.1) is 0 Å². The van der Waals surface area contributed by atoms with Crippen LogP contribution < -0.4 is 11.1 Å². The standard InChI is InChI=1S/C15H23N3O2/c1-10-6-5-7-13(12(10)3)17-14(19)9-18(4)15(20)11(2)8-16/h5-7,11H,8-9,16H2,1-4H3,(H,17,19). The number of anilines is 1. The van der Waals surface area contributed by atoms with Crippen LogP contribution in [0.2, 0.25) is 0 Å². The zero-order valence-electron chi connectivity index (χ0n) is 12.6. The molecule has 1 atom stereocenters. The van der Waals surface area contributed by atoms with Crippen molar-refractivity contribution in [3.63, 3.8) is 0 Å². The lowest BCUT2D eigenvalue weighted by Gasteiger charge is -2.20. The summed E-state index contributed by atoms with van der Waals surface area (Å²) in [6.07, 6.45) is 0. The van der Waals surface area contributed by atoms with Crippen LogP contribution in [0.3, 0.4) is 0 Å². The third kappa shape index (κ3) is 4.06. The third-order valence-corrected chi connectivity index (χ3v) is 3.41. The average Bonchev–Trinajstić information content (AvgIpc) is 2.42. The average molecular weight is 277 g/mol. The summed E-state index contributed by atoms with van der Waals surface area (Å²) in [5.74, 6) is -0.601. The summed E-state index contributed by atoms with van der Waals surface area (Å²) < 4.78 is 0.